The molecule has 184 valence electrons. The predicted molar refractivity (Wildman–Crippen MR) is 138 cm³/mol. The Morgan fingerprint density at radius 1 is 0.433 bits per heavy atom. The summed E-state index contributed by atoms with van der Waals surface area (Å²) in [5.41, 5.74) is 0. The second-order valence-electron chi connectivity index (χ2n) is 9.54. The van der Waals surface area contributed by atoms with E-state index in [1.807, 2.05) is 0 Å². The third-order valence-electron chi connectivity index (χ3n) is 6.70. The van der Waals surface area contributed by atoms with Crippen molar-refractivity contribution < 1.29 is 15.3 Å². The molecule has 0 radical (unpaired) electrons. The average Bonchev–Trinajstić information content (AvgIpc) is 2.76. The summed E-state index contributed by atoms with van der Waals surface area (Å²) >= 11 is 7.38. The van der Waals surface area contributed by atoms with Gasteiger partial charge >= 0.3 is 167 Å². The van der Waals surface area contributed by atoms with Gasteiger partial charge in [0.1, 0.15) is 0 Å². The van der Waals surface area contributed by atoms with E-state index in [-0.39, 0.29) is 19.8 Å². The van der Waals surface area contributed by atoms with Crippen LogP contribution in [0.1, 0.15) is 116 Å². The minimum absolute atomic E-state index is 0.182. The van der Waals surface area contributed by atoms with E-state index in [0.717, 1.165) is 50.3 Å². The van der Waals surface area contributed by atoms with Crippen LogP contribution in [-0.2, 0) is 0 Å². The van der Waals surface area contributed by atoms with Crippen molar-refractivity contribution >= 4 is 17.2 Å². The van der Waals surface area contributed by atoms with Crippen molar-refractivity contribution in [2.24, 2.45) is 0 Å². The molecule has 0 aromatic heterocycles. The Labute approximate surface area is 193 Å². The molecule has 0 aliphatic rings. The Bertz CT molecular complexity index is 344. The van der Waals surface area contributed by atoms with E-state index in [9.17, 15) is 15.3 Å². The number of hydrogen-bond acceptors (Lipinski definition) is 3. The number of aliphatic hydroxyl groups is 3. The number of rotatable bonds is 24. The van der Waals surface area contributed by atoms with E-state index < -0.39 is 5.96 Å². The molecule has 0 rings (SSSR count). The van der Waals surface area contributed by atoms with Crippen LogP contribution in [0, 0.1) is 0 Å². The van der Waals surface area contributed by atoms with E-state index in [2.05, 4.69) is 6.92 Å². The van der Waals surface area contributed by atoms with Gasteiger partial charge in [0.15, 0.2) is 0 Å². The molecule has 0 spiro atoms. The molecule has 0 bridgehead atoms. The van der Waals surface area contributed by atoms with Gasteiger partial charge in [0.2, 0.25) is 0 Å². The van der Waals surface area contributed by atoms with Gasteiger partial charge in [-0.3, -0.25) is 0 Å². The van der Waals surface area contributed by atoms with E-state index in [0.29, 0.717) is 0 Å². The average molecular weight is 469 g/mol. The zero-order valence-electron chi connectivity index (χ0n) is 20.1. The first kappa shape index (κ1) is 30.6. The molecule has 0 aliphatic heterocycles. The first-order valence-corrected chi connectivity index (χ1v) is 17.0. The van der Waals surface area contributed by atoms with Crippen molar-refractivity contribution in [3.05, 3.63) is 0 Å². The van der Waals surface area contributed by atoms with Crippen LogP contribution in [0.5, 0.6) is 0 Å². The predicted octanol–water partition coefficient (Wildman–Crippen LogP) is 7.32. The second kappa shape index (κ2) is 20.2. The van der Waals surface area contributed by atoms with Crippen molar-refractivity contribution in [3.8, 4) is 0 Å². The summed E-state index contributed by atoms with van der Waals surface area (Å²) in [7, 11) is 0. The first-order chi connectivity index (χ1) is 14.5. The summed E-state index contributed by atoms with van der Waals surface area (Å²) in [5.74, 6) is -2.46. The van der Waals surface area contributed by atoms with Crippen LogP contribution in [0.25, 0.3) is 0 Å². The van der Waals surface area contributed by atoms with Crippen molar-refractivity contribution in [2.45, 2.75) is 116 Å². The summed E-state index contributed by atoms with van der Waals surface area (Å²) in [4.78, 5) is 0. The molecule has 0 unspecified atom stereocenters. The van der Waals surface area contributed by atoms with E-state index in [4.69, 9.17) is 11.2 Å². The van der Waals surface area contributed by atoms with Crippen LogP contribution >= 0.6 is 17.2 Å². The molecule has 0 aliphatic carbocycles. The van der Waals surface area contributed by atoms with Crippen molar-refractivity contribution in [3.63, 3.8) is 0 Å². The number of halogens is 1. The molecule has 3 N–H and O–H groups in total. The van der Waals surface area contributed by atoms with Crippen LogP contribution in [0.4, 0.5) is 0 Å². The molecule has 30 heavy (non-hydrogen) atoms. The summed E-state index contributed by atoms with van der Waals surface area (Å²) in [5, 5.41) is 28.1. The van der Waals surface area contributed by atoms with Gasteiger partial charge in [-0.15, -0.1) is 0 Å². The number of unbranched alkanes of at least 4 members (excludes halogenated alkanes) is 13. The standard InChI is InChI=1S/C25H54ClO3P/c1-2-3-4-5-6-7-8-9-10-11-12-13-14-15-22-30(26,23-16-19-27,24-17-20-28)25-18-21-29/h27-29H,2-25H2,1H3. The molecule has 0 heterocycles. The molecular formula is C25H54ClO3P. The fourth-order valence-electron chi connectivity index (χ4n) is 4.77. The maximum atomic E-state index is 9.35. The molecule has 0 saturated carbocycles. The molecule has 5 heteroatoms. The van der Waals surface area contributed by atoms with Crippen LogP contribution in [0.3, 0.4) is 0 Å². The van der Waals surface area contributed by atoms with Gasteiger partial charge in [-0.05, 0) is 0 Å². The maximum absolute atomic E-state index is 9.35. The van der Waals surface area contributed by atoms with Crippen molar-refractivity contribution in [1.29, 1.82) is 0 Å². The molecule has 0 aromatic carbocycles. The van der Waals surface area contributed by atoms with Crippen LogP contribution in [0.2, 0.25) is 0 Å². The second-order valence-corrected chi connectivity index (χ2v) is 17.8. The molecule has 0 saturated heterocycles. The Balaban J connectivity index is 3.99. The third-order valence-corrected chi connectivity index (χ3v) is 14.5. The Morgan fingerprint density at radius 3 is 1.00 bits per heavy atom. The zero-order valence-corrected chi connectivity index (χ0v) is 21.8. The van der Waals surface area contributed by atoms with Gasteiger partial charge in [-0.1, -0.05) is 26.2 Å². The quantitative estimate of drug-likeness (QED) is 0.103. The third kappa shape index (κ3) is 16.3. The van der Waals surface area contributed by atoms with E-state index >= 15 is 0 Å². The van der Waals surface area contributed by atoms with Gasteiger partial charge in [-0.25, -0.2) is 0 Å². The molecule has 0 atom stereocenters. The zero-order chi connectivity index (χ0) is 22.4. The normalized spacial score (nSPS) is 13.4. The monoisotopic (exact) mass is 468 g/mol. The SMILES string of the molecule is CCCCCCCCCCCCCCCCP(Cl)(CCCO)(CCCO)CCCO. The molecular weight excluding hydrogens is 415 g/mol. The van der Waals surface area contributed by atoms with E-state index in [1.165, 1.54) is 83.5 Å². The van der Waals surface area contributed by atoms with Gasteiger partial charge in [0, 0.05) is 0 Å². The number of hydrogen-bond donors (Lipinski definition) is 3. The van der Waals surface area contributed by atoms with Gasteiger partial charge in [0.25, 0.3) is 0 Å². The Morgan fingerprint density at radius 2 is 0.700 bits per heavy atom. The van der Waals surface area contributed by atoms with Gasteiger partial charge < -0.3 is 0 Å². The summed E-state index contributed by atoms with van der Waals surface area (Å²) < 4.78 is 0. The fraction of sp³-hybridized carbons (Fsp3) is 1.00. The number of aliphatic hydroxyl groups excluding tert-OH is 3. The Hall–Kier alpha value is 0.600. The van der Waals surface area contributed by atoms with E-state index in [1.54, 1.807) is 0 Å². The molecule has 0 aromatic rings. The molecule has 0 amide bonds. The summed E-state index contributed by atoms with van der Waals surface area (Å²) in [6, 6.07) is 0. The topological polar surface area (TPSA) is 60.7 Å². The fourth-order valence-corrected chi connectivity index (χ4v) is 11.4. The van der Waals surface area contributed by atoms with Crippen molar-refractivity contribution in [1.82, 2.24) is 0 Å². The van der Waals surface area contributed by atoms with Gasteiger partial charge in [-0.2, -0.15) is 0 Å². The minimum atomic E-state index is -2.46. The summed E-state index contributed by atoms with van der Waals surface area (Å²) in [6.07, 6.45) is 24.9. The first-order valence-electron chi connectivity index (χ1n) is 13.1. The van der Waals surface area contributed by atoms with Crippen LogP contribution in [-0.4, -0.2) is 59.8 Å². The van der Waals surface area contributed by atoms with Crippen molar-refractivity contribution in [2.75, 3.05) is 44.5 Å². The summed E-state index contributed by atoms with van der Waals surface area (Å²) in [6.45, 7) is 2.82. The van der Waals surface area contributed by atoms with Crippen LogP contribution in [0.15, 0.2) is 0 Å². The molecule has 0 fully saturated rings. The molecule has 3 nitrogen and oxygen atoms in total. The Kier molecular flexibility index (Phi) is 20.6. The van der Waals surface area contributed by atoms with Gasteiger partial charge in [0.05, 0.1) is 0 Å². The van der Waals surface area contributed by atoms with Crippen LogP contribution < -0.4 is 0 Å².